The summed E-state index contributed by atoms with van der Waals surface area (Å²) in [7, 11) is 3.98. The highest BCUT2D eigenvalue weighted by Crippen LogP contribution is 2.28. The van der Waals surface area contributed by atoms with Crippen LogP contribution in [0.1, 0.15) is 54.2 Å². The number of hydrogen-bond acceptors (Lipinski definition) is 5. The Balaban J connectivity index is 1.67. The van der Waals surface area contributed by atoms with Gasteiger partial charge in [0.2, 0.25) is 0 Å². The van der Waals surface area contributed by atoms with E-state index in [9.17, 15) is 4.79 Å². The smallest absolute Gasteiger partial charge is 0.251 e. The molecule has 0 radical (unpaired) electrons. The third kappa shape index (κ3) is 5.70. The quantitative estimate of drug-likeness (QED) is 0.548. The molecule has 1 aromatic heterocycles. The lowest BCUT2D eigenvalue weighted by atomic mass is 10.1. The maximum absolute atomic E-state index is 12.3. The number of carbonyl (C=O) groups is 1. The van der Waals surface area contributed by atoms with Crippen molar-refractivity contribution in [1.82, 2.24) is 15.3 Å². The van der Waals surface area contributed by atoms with E-state index in [1.54, 1.807) is 11.8 Å². The maximum Gasteiger partial charge on any atom is 0.251 e. The van der Waals surface area contributed by atoms with Gasteiger partial charge in [-0.25, -0.2) is 9.97 Å². The van der Waals surface area contributed by atoms with E-state index in [1.165, 1.54) is 12.8 Å². The number of anilines is 1. The van der Waals surface area contributed by atoms with E-state index in [0.29, 0.717) is 11.8 Å². The maximum atomic E-state index is 12.3. The van der Waals surface area contributed by atoms with Gasteiger partial charge in [0.15, 0.2) is 5.16 Å². The number of nitrogens with one attached hydrogen (secondary N) is 1. The Hall–Kier alpha value is -2.08. The molecule has 6 heteroatoms. The molecule has 1 fully saturated rings. The average molecular weight is 385 g/mol. The molecule has 0 unspecified atom stereocenters. The standard InChI is InChI=1S/C21H28N4OS/c1-14(2)18-11-19(25(3)4)24-21(23-18)27-13-16-6-5-7-17(10-16)20(26)22-12-15-8-9-15/h5-7,10-11,14-15H,8-9,12-13H2,1-4H3,(H,22,26). The van der Waals surface area contributed by atoms with E-state index >= 15 is 0 Å². The molecule has 1 amide bonds. The minimum atomic E-state index is 0.0155. The molecular formula is C21H28N4OS. The van der Waals surface area contributed by atoms with Gasteiger partial charge in [-0.3, -0.25) is 4.79 Å². The molecule has 27 heavy (non-hydrogen) atoms. The van der Waals surface area contributed by atoms with Crippen LogP contribution in [0.5, 0.6) is 0 Å². The van der Waals surface area contributed by atoms with Gasteiger partial charge in [-0.05, 0) is 42.4 Å². The zero-order valence-electron chi connectivity index (χ0n) is 16.5. The second-order valence-electron chi connectivity index (χ2n) is 7.63. The number of benzene rings is 1. The highest BCUT2D eigenvalue weighted by atomic mass is 32.2. The van der Waals surface area contributed by atoms with Crippen LogP contribution in [0.3, 0.4) is 0 Å². The molecule has 1 heterocycles. The number of hydrogen-bond donors (Lipinski definition) is 1. The molecule has 1 aliphatic rings. The van der Waals surface area contributed by atoms with Crippen LogP contribution in [-0.2, 0) is 5.75 Å². The first-order chi connectivity index (χ1) is 12.9. The van der Waals surface area contributed by atoms with Crippen molar-refractivity contribution in [3.05, 3.63) is 47.2 Å². The van der Waals surface area contributed by atoms with Crippen LogP contribution in [0.2, 0.25) is 0 Å². The zero-order valence-corrected chi connectivity index (χ0v) is 17.3. The van der Waals surface area contributed by atoms with Crippen molar-refractivity contribution >= 4 is 23.5 Å². The van der Waals surface area contributed by atoms with Gasteiger partial charge in [0.05, 0.1) is 0 Å². The Morgan fingerprint density at radius 2 is 2.04 bits per heavy atom. The van der Waals surface area contributed by atoms with Crippen molar-refractivity contribution in [2.75, 3.05) is 25.5 Å². The Labute approximate surface area is 166 Å². The Bertz CT molecular complexity index is 776. The number of rotatable bonds is 8. The van der Waals surface area contributed by atoms with Gasteiger partial charge in [-0.1, -0.05) is 37.7 Å². The number of carbonyl (C=O) groups excluding carboxylic acids is 1. The number of nitrogens with zero attached hydrogens (tertiary/aromatic N) is 3. The molecule has 0 saturated heterocycles. The van der Waals surface area contributed by atoms with Crippen molar-refractivity contribution in [3.8, 4) is 0 Å². The van der Waals surface area contributed by atoms with Gasteiger partial charge >= 0.3 is 0 Å². The third-order valence-electron chi connectivity index (χ3n) is 4.57. The minimum Gasteiger partial charge on any atom is -0.363 e. The van der Waals surface area contributed by atoms with Gasteiger partial charge in [0.1, 0.15) is 5.82 Å². The van der Waals surface area contributed by atoms with E-state index in [1.807, 2.05) is 49.3 Å². The predicted octanol–water partition coefficient (Wildman–Crippen LogP) is 4.10. The van der Waals surface area contributed by atoms with Crippen LogP contribution in [0.4, 0.5) is 5.82 Å². The Kier molecular flexibility index (Phi) is 6.37. The lowest BCUT2D eigenvalue weighted by Gasteiger charge is -2.15. The van der Waals surface area contributed by atoms with Crippen molar-refractivity contribution < 1.29 is 4.79 Å². The SMILES string of the molecule is CC(C)c1cc(N(C)C)nc(SCc2cccc(C(=O)NCC3CC3)c2)n1. The number of amides is 1. The first-order valence-corrected chi connectivity index (χ1v) is 10.5. The number of thioether (sulfide) groups is 1. The largest absolute Gasteiger partial charge is 0.363 e. The molecule has 1 aliphatic carbocycles. The van der Waals surface area contributed by atoms with E-state index in [-0.39, 0.29) is 5.91 Å². The second kappa shape index (κ2) is 8.74. The first kappa shape index (κ1) is 19.7. The first-order valence-electron chi connectivity index (χ1n) is 9.48. The molecule has 0 bridgehead atoms. The molecule has 2 aromatic rings. The molecule has 5 nitrogen and oxygen atoms in total. The average Bonchev–Trinajstić information content (AvgIpc) is 3.49. The fourth-order valence-electron chi connectivity index (χ4n) is 2.63. The van der Waals surface area contributed by atoms with E-state index in [2.05, 4.69) is 29.1 Å². The summed E-state index contributed by atoms with van der Waals surface area (Å²) >= 11 is 1.60. The van der Waals surface area contributed by atoms with Crippen molar-refractivity contribution in [2.45, 2.75) is 43.5 Å². The van der Waals surface area contributed by atoms with Crippen molar-refractivity contribution in [3.63, 3.8) is 0 Å². The van der Waals surface area contributed by atoms with E-state index in [4.69, 9.17) is 0 Å². The van der Waals surface area contributed by atoms with E-state index < -0.39 is 0 Å². The monoisotopic (exact) mass is 384 g/mol. The summed E-state index contributed by atoms with van der Waals surface area (Å²) < 4.78 is 0. The van der Waals surface area contributed by atoms with Crippen LogP contribution >= 0.6 is 11.8 Å². The van der Waals surface area contributed by atoms with Crippen LogP contribution < -0.4 is 10.2 Å². The van der Waals surface area contributed by atoms with Gasteiger partial charge in [-0.2, -0.15) is 0 Å². The van der Waals surface area contributed by atoms with Crippen LogP contribution in [0.15, 0.2) is 35.5 Å². The molecule has 1 saturated carbocycles. The molecule has 1 aromatic carbocycles. The van der Waals surface area contributed by atoms with Crippen molar-refractivity contribution in [2.24, 2.45) is 5.92 Å². The summed E-state index contributed by atoms with van der Waals surface area (Å²) in [5, 5.41) is 3.80. The highest BCUT2D eigenvalue weighted by molar-refractivity contribution is 7.98. The highest BCUT2D eigenvalue weighted by Gasteiger charge is 2.21. The fraction of sp³-hybridized carbons (Fsp3) is 0.476. The number of aromatic nitrogens is 2. The summed E-state index contributed by atoms with van der Waals surface area (Å²) in [5.41, 5.74) is 2.87. The van der Waals surface area contributed by atoms with Gasteiger partial charge in [0, 0.05) is 43.7 Å². The van der Waals surface area contributed by atoms with Gasteiger partial charge < -0.3 is 10.2 Å². The lowest BCUT2D eigenvalue weighted by Crippen LogP contribution is -2.25. The summed E-state index contributed by atoms with van der Waals surface area (Å²) in [5.74, 6) is 2.71. The van der Waals surface area contributed by atoms with E-state index in [0.717, 1.165) is 40.1 Å². The Morgan fingerprint density at radius 3 is 2.70 bits per heavy atom. The molecule has 1 N–H and O–H groups in total. The predicted molar refractivity (Wildman–Crippen MR) is 112 cm³/mol. The normalized spacial score (nSPS) is 13.7. The van der Waals surface area contributed by atoms with Crippen LogP contribution in [0.25, 0.3) is 0 Å². The summed E-state index contributed by atoms with van der Waals surface area (Å²) in [6, 6.07) is 9.87. The Morgan fingerprint density at radius 1 is 1.26 bits per heavy atom. The summed E-state index contributed by atoms with van der Waals surface area (Å²) in [6.45, 7) is 5.07. The second-order valence-corrected chi connectivity index (χ2v) is 8.57. The topological polar surface area (TPSA) is 58.1 Å². The molecule has 0 spiro atoms. The fourth-order valence-corrected chi connectivity index (χ4v) is 3.43. The molecule has 3 rings (SSSR count). The summed E-state index contributed by atoms with van der Waals surface area (Å²) in [4.78, 5) is 23.6. The molecule has 144 valence electrons. The lowest BCUT2D eigenvalue weighted by molar-refractivity contribution is 0.0951. The minimum absolute atomic E-state index is 0.0155. The molecule has 0 aliphatic heterocycles. The molecule has 0 atom stereocenters. The summed E-state index contributed by atoms with van der Waals surface area (Å²) in [6.07, 6.45) is 2.47. The van der Waals surface area contributed by atoms with Gasteiger partial charge in [-0.15, -0.1) is 0 Å². The van der Waals surface area contributed by atoms with Crippen LogP contribution in [-0.4, -0.2) is 36.5 Å². The van der Waals surface area contributed by atoms with Crippen LogP contribution in [0, 0.1) is 5.92 Å². The third-order valence-corrected chi connectivity index (χ3v) is 5.49. The van der Waals surface area contributed by atoms with Crippen molar-refractivity contribution in [1.29, 1.82) is 0 Å². The molecular weight excluding hydrogens is 356 g/mol. The zero-order chi connectivity index (χ0) is 19.4. The van der Waals surface area contributed by atoms with Gasteiger partial charge in [0.25, 0.3) is 5.91 Å².